The molecule has 178 valence electrons. The molecule has 8 heteroatoms. The lowest BCUT2D eigenvalue weighted by molar-refractivity contribution is 0.0107. The summed E-state index contributed by atoms with van der Waals surface area (Å²) >= 11 is 0. The highest BCUT2D eigenvalue weighted by Gasteiger charge is 2.34. The Hall–Kier alpha value is -3.39. The van der Waals surface area contributed by atoms with Gasteiger partial charge in [0.15, 0.2) is 0 Å². The van der Waals surface area contributed by atoms with Gasteiger partial charge in [0.05, 0.1) is 16.7 Å². The number of aromatic amines is 1. The van der Waals surface area contributed by atoms with Gasteiger partial charge in [-0.05, 0) is 73.8 Å². The third kappa shape index (κ3) is 3.53. The predicted octanol–water partition coefficient (Wildman–Crippen LogP) is 3.98. The molecule has 5 N–H and O–H groups in total. The van der Waals surface area contributed by atoms with Crippen molar-refractivity contribution in [2.45, 2.75) is 51.7 Å². The summed E-state index contributed by atoms with van der Waals surface area (Å²) in [5, 5.41) is 20.6. The Bertz CT molecular complexity index is 1340. The number of nitrogens with one attached hydrogen (secondary N) is 1. The molecule has 34 heavy (non-hydrogen) atoms. The number of halogens is 1. The number of nitrogens with two attached hydrogens (primary N) is 1. The second kappa shape index (κ2) is 7.84. The molecule has 1 atom stereocenters. The van der Waals surface area contributed by atoms with Crippen LogP contribution in [0.15, 0.2) is 24.3 Å². The third-order valence-corrected chi connectivity index (χ3v) is 7.48. The Morgan fingerprint density at radius 2 is 2.00 bits per heavy atom. The number of nitrogens with zero attached hydrogens (tertiary/aromatic N) is 1. The number of carbonyl (C=O) groups excluding carboxylic acids is 1. The van der Waals surface area contributed by atoms with Gasteiger partial charge in [-0.25, -0.2) is 9.18 Å². The van der Waals surface area contributed by atoms with Gasteiger partial charge in [-0.15, -0.1) is 0 Å². The summed E-state index contributed by atoms with van der Waals surface area (Å²) in [6.45, 7) is 4.17. The summed E-state index contributed by atoms with van der Waals surface area (Å²) in [5.41, 5.74) is 10.1. The normalized spacial score (nSPS) is 18.0. The van der Waals surface area contributed by atoms with Crippen molar-refractivity contribution in [2.75, 3.05) is 6.54 Å². The maximum absolute atomic E-state index is 15.7. The Morgan fingerprint density at radius 3 is 2.68 bits per heavy atom. The Morgan fingerprint density at radius 1 is 1.24 bits per heavy atom. The number of hydrogen-bond donors (Lipinski definition) is 4. The largest absolute Gasteiger partial charge is 0.465 e. The standard InChI is InChI=1S/C26H28FN3O4/c1-26(2,34)14-6-7-17-20(10-14)29-23-18(24(28)31)11-19(27)21(22(17)23)16-5-3-4-13-12-30(25(32)33)9-8-15(13)16/h3-5,11,14,29,34H,6-10,12H2,1-2H3,(H2,28,31)(H,32,33)/t14-/m0/s1. The second-order valence-electron chi connectivity index (χ2n) is 9.97. The summed E-state index contributed by atoms with van der Waals surface area (Å²) in [7, 11) is 0. The van der Waals surface area contributed by atoms with Gasteiger partial charge in [0.1, 0.15) is 5.82 Å². The number of hydrogen-bond acceptors (Lipinski definition) is 3. The highest BCUT2D eigenvalue weighted by atomic mass is 19.1. The van der Waals surface area contributed by atoms with Crippen molar-refractivity contribution in [1.82, 2.24) is 9.88 Å². The number of primary amides is 1. The zero-order chi connectivity index (χ0) is 24.4. The first kappa shape index (κ1) is 22.4. The number of benzene rings is 2. The molecule has 2 aliphatic rings. The van der Waals surface area contributed by atoms with Crippen molar-refractivity contribution >= 4 is 22.9 Å². The first-order chi connectivity index (χ1) is 16.1. The number of aromatic nitrogens is 1. The lowest BCUT2D eigenvalue weighted by Crippen LogP contribution is -2.35. The van der Waals surface area contributed by atoms with Crippen LogP contribution in [0.3, 0.4) is 0 Å². The molecule has 7 nitrogen and oxygen atoms in total. The van der Waals surface area contributed by atoms with Gasteiger partial charge in [-0.2, -0.15) is 0 Å². The molecule has 0 spiro atoms. The fourth-order valence-corrected chi connectivity index (χ4v) is 5.64. The monoisotopic (exact) mass is 465 g/mol. The van der Waals surface area contributed by atoms with Crippen LogP contribution in [0.5, 0.6) is 0 Å². The van der Waals surface area contributed by atoms with Gasteiger partial charge in [0, 0.05) is 29.7 Å². The van der Waals surface area contributed by atoms with Crippen LogP contribution in [0.1, 0.15) is 53.0 Å². The minimum absolute atomic E-state index is 0.0323. The molecular formula is C26H28FN3O4. The number of carbonyl (C=O) groups is 2. The fraction of sp³-hybridized carbons (Fsp3) is 0.385. The molecule has 0 unspecified atom stereocenters. The van der Waals surface area contributed by atoms with Crippen LogP contribution < -0.4 is 5.73 Å². The van der Waals surface area contributed by atoms with E-state index in [1.807, 2.05) is 18.2 Å². The van der Waals surface area contributed by atoms with E-state index in [0.717, 1.165) is 28.8 Å². The molecule has 0 fully saturated rings. The Balaban J connectivity index is 1.74. The van der Waals surface area contributed by atoms with Gasteiger partial charge >= 0.3 is 6.09 Å². The molecule has 1 aromatic heterocycles. The van der Waals surface area contributed by atoms with Crippen LogP contribution in [-0.2, 0) is 25.8 Å². The summed E-state index contributed by atoms with van der Waals surface area (Å²) in [6.07, 6.45) is 1.47. The molecule has 0 saturated carbocycles. The molecule has 2 aromatic carbocycles. The van der Waals surface area contributed by atoms with Gasteiger partial charge in [0.2, 0.25) is 0 Å². The molecule has 0 radical (unpaired) electrons. The van der Waals surface area contributed by atoms with Crippen LogP contribution >= 0.6 is 0 Å². The predicted molar refractivity (Wildman–Crippen MR) is 126 cm³/mol. The van der Waals surface area contributed by atoms with Crippen LogP contribution in [-0.4, -0.2) is 44.2 Å². The number of amides is 2. The highest BCUT2D eigenvalue weighted by Crippen LogP contribution is 2.43. The molecule has 5 rings (SSSR count). The minimum Gasteiger partial charge on any atom is -0.465 e. The number of aliphatic hydroxyl groups is 1. The average Bonchev–Trinajstić information content (AvgIpc) is 3.15. The van der Waals surface area contributed by atoms with E-state index in [2.05, 4.69) is 4.98 Å². The van der Waals surface area contributed by atoms with E-state index in [-0.39, 0.29) is 18.0 Å². The lowest BCUT2D eigenvalue weighted by Gasteiger charge is -2.32. The van der Waals surface area contributed by atoms with E-state index < -0.39 is 23.4 Å². The Kier molecular flexibility index (Phi) is 5.16. The molecule has 1 aliphatic carbocycles. The van der Waals surface area contributed by atoms with E-state index in [1.165, 1.54) is 11.0 Å². The molecule has 0 bridgehead atoms. The summed E-state index contributed by atoms with van der Waals surface area (Å²) in [4.78, 5) is 28.4. The number of carboxylic acid groups (broad SMARTS) is 1. The lowest BCUT2D eigenvalue weighted by atomic mass is 9.77. The van der Waals surface area contributed by atoms with E-state index >= 15 is 4.39 Å². The minimum atomic E-state index is -0.975. The number of rotatable bonds is 3. The summed E-state index contributed by atoms with van der Waals surface area (Å²) in [6, 6.07) is 6.75. The van der Waals surface area contributed by atoms with Gasteiger partial charge in [-0.1, -0.05) is 18.2 Å². The first-order valence-electron chi connectivity index (χ1n) is 11.5. The molecule has 1 aliphatic heterocycles. The zero-order valence-corrected chi connectivity index (χ0v) is 19.2. The quantitative estimate of drug-likeness (QED) is 0.468. The topological polar surface area (TPSA) is 120 Å². The van der Waals surface area contributed by atoms with E-state index in [0.29, 0.717) is 47.8 Å². The van der Waals surface area contributed by atoms with Crippen molar-refractivity contribution in [1.29, 1.82) is 0 Å². The number of aryl methyl sites for hydroxylation is 1. The van der Waals surface area contributed by atoms with Crippen LogP contribution in [0.2, 0.25) is 0 Å². The molecule has 2 heterocycles. The first-order valence-corrected chi connectivity index (χ1v) is 11.5. The van der Waals surface area contributed by atoms with E-state index in [4.69, 9.17) is 5.73 Å². The van der Waals surface area contributed by atoms with Crippen LogP contribution in [0, 0.1) is 11.7 Å². The second-order valence-corrected chi connectivity index (χ2v) is 9.97. The fourth-order valence-electron chi connectivity index (χ4n) is 5.64. The van der Waals surface area contributed by atoms with Crippen LogP contribution in [0.25, 0.3) is 22.0 Å². The SMILES string of the molecule is CC(C)(O)[C@H]1CCc2c([nH]c3c(C(N)=O)cc(F)c(-c4cccc5c4CCN(C(=O)O)C5)c23)C1. The number of fused-ring (bicyclic) bond motifs is 4. The van der Waals surface area contributed by atoms with Gasteiger partial charge < -0.3 is 25.8 Å². The smallest absolute Gasteiger partial charge is 0.407 e. The van der Waals surface area contributed by atoms with Crippen molar-refractivity contribution in [2.24, 2.45) is 11.7 Å². The van der Waals surface area contributed by atoms with E-state index in [1.54, 1.807) is 13.8 Å². The van der Waals surface area contributed by atoms with Crippen molar-refractivity contribution in [3.63, 3.8) is 0 Å². The van der Waals surface area contributed by atoms with Crippen LogP contribution in [0.4, 0.5) is 9.18 Å². The van der Waals surface area contributed by atoms with Gasteiger partial charge in [0.25, 0.3) is 5.91 Å². The van der Waals surface area contributed by atoms with Gasteiger partial charge in [-0.3, -0.25) is 4.79 Å². The maximum Gasteiger partial charge on any atom is 0.407 e. The molecule has 0 saturated heterocycles. The summed E-state index contributed by atoms with van der Waals surface area (Å²) in [5.74, 6) is -1.20. The van der Waals surface area contributed by atoms with E-state index in [9.17, 15) is 19.8 Å². The zero-order valence-electron chi connectivity index (χ0n) is 19.2. The molecule has 2 amide bonds. The van der Waals surface area contributed by atoms with Crippen molar-refractivity contribution in [3.8, 4) is 11.1 Å². The highest BCUT2D eigenvalue weighted by molar-refractivity contribution is 6.11. The summed E-state index contributed by atoms with van der Waals surface area (Å²) < 4.78 is 15.7. The van der Waals surface area contributed by atoms with Crippen molar-refractivity contribution in [3.05, 3.63) is 58.0 Å². The third-order valence-electron chi connectivity index (χ3n) is 7.48. The van der Waals surface area contributed by atoms with Crippen molar-refractivity contribution < 1.29 is 24.2 Å². The molecule has 3 aromatic rings. The maximum atomic E-state index is 15.7. The Labute approximate surface area is 196 Å². The molecular weight excluding hydrogens is 437 g/mol. The number of H-pyrrole nitrogens is 1. The average molecular weight is 466 g/mol.